The van der Waals surface area contributed by atoms with Crippen LogP contribution in [0, 0.1) is 5.92 Å². The predicted octanol–water partition coefficient (Wildman–Crippen LogP) is 5.42. The van der Waals surface area contributed by atoms with Crippen molar-refractivity contribution in [2.24, 2.45) is 5.92 Å². The standard InChI is InChI=1S/C21H21F3N2/c1-26(12-14-5-3-2-4-6-14)13-15-9-18(15)19-11-25-20-10-16(21(22,23)24)7-8-17(19)20/h2-8,10-11,15,18,25H,9,12-13H2,1H3/t15-,18?/m1/s1. The van der Waals surface area contributed by atoms with Gasteiger partial charge in [0, 0.05) is 30.2 Å². The molecule has 2 aromatic carbocycles. The Hall–Kier alpha value is -2.27. The minimum absolute atomic E-state index is 0.429. The van der Waals surface area contributed by atoms with E-state index in [-0.39, 0.29) is 0 Å². The van der Waals surface area contributed by atoms with E-state index in [1.54, 1.807) is 6.07 Å². The molecule has 0 amide bonds. The van der Waals surface area contributed by atoms with E-state index in [1.165, 1.54) is 17.7 Å². The summed E-state index contributed by atoms with van der Waals surface area (Å²) in [7, 11) is 2.12. The highest BCUT2D eigenvalue weighted by Gasteiger charge is 2.40. The summed E-state index contributed by atoms with van der Waals surface area (Å²) in [6.07, 6.45) is -1.33. The molecule has 0 bridgehead atoms. The Morgan fingerprint density at radius 3 is 2.62 bits per heavy atom. The molecule has 1 heterocycles. The lowest BCUT2D eigenvalue weighted by molar-refractivity contribution is -0.137. The van der Waals surface area contributed by atoms with Crippen molar-refractivity contribution in [3.05, 3.63) is 71.4 Å². The van der Waals surface area contributed by atoms with Gasteiger partial charge in [0.15, 0.2) is 0 Å². The number of aromatic nitrogens is 1. The van der Waals surface area contributed by atoms with E-state index in [1.807, 2.05) is 24.4 Å². The van der Waals surface area contributed by atoms with Crippen molar-refractivity contribution in [1.82, 2.24) is 9.88 Å². The first-order valence-electron chi connectivity index (χ1n) is 8.82. The molecule has 4 rings (SSSR count). The lowest BCUT2D eigenvalue weighted by atomic mass is 10.1. The average molecular weight is 358 g/mol. The molecule has 1 aliphatic rings. The Balaban J connectivity index is 1.43. The smallest absolute Gasteiger partial charge is 0.361 e. The molecule has 136 valence electrons. The van der Waals surface area contributed by atoms with Gasteiger partial charge in [0.2, 0.25) is 0 Å². The van der Waals surface area contributed by atoms with Crippen LogP contribution in [0.1, 0.15) is 29.0 Å². The molecule has 1 aliphatic carbocycles. The molecular formula is C21H21F3N2. The van der Waals surface area contributed by atoms with Gasteiger partial charge in [-0.2, -0.15) is 13.2 Å². The van der Waals surface area contributed by atoms with Gasteiger partial charge in [-0.15, -0.1) is 0 Å². The molecule has 1 aromatic heterocycles. The van der Waals surface area contributed by atoms with Gasteiger partial charge in [-0.1, -0.05) is 36.4 Å². The number of hydrogen-bond acceptors (Lipinski definition) is 1. The third-order valence-electron chi connectivity index (χ3n) is 5.20. The van der Waals surface area contributed by atoms with Crippen molar-refractivity contribution in [2.75, 3.05) is 13.6 Å². The summed E-state index contributed by atoms with van der Waals surface area (Å²) in [5, 5.41) is 0.913. The highest BCUT2D eigenvalue weighted by atomic mass is 19.4. The highest BCUT2D eigenvalue weighted by Crippen LogP contribution is 2.50. The van der Waals surface area contributed by atoms with Gasteiger partial charge in [-0.05, 0) is 48.6 Å². The van der Waals surface area contributed by atoms with E-state index < -0.39 is 11.7 Å². The highest BCUT2D eigenvalue weighted by molar-refractivity contribution is 5.85. The molecule has 3 aromatic rings. The largest absolute Gasteiger partial charge is 0.416 e. The molecule has 1 saturated carbocycles. The second-order valence-electron chi connectivity index (χ2n) is 7.29. The van der Waals surface area contributed by atoms with Crippen molar-refractivity contribution in [2.45, 2.75) is 25.1 Å². The fourth-order valence-electron chi connectivity index (χ4n) is 3.82. The summed E-state index contributed by atoms with van der Waals surface area (Å²) >= 11 is 0. The third kappa shape index (κ3) is 3.49. The molecule has 0 radical (unpaired) electrons. The van der Waals surface area contributed by atoms with E-state index in [4.69, 9.17) is 0 Å². The van der Waals surface area contributed by atoms with Crippen LogP contribution in [0.25, 0.3) is 10.9 Å². The average Bonchev–Trinajstić information content (AvgIpc) is 3.21. The maximum atomic E-state index is 12.9. The number of alkyl halides is 3. The van der Waals surface area contributed by atoms with Gasteiger partial charge in [0.25, 0.3) is 0 Å². The Labute approximate surface area is 150 Å². The van der Waals surface area contributed by atoms with Gasteiger partial charge in [0.1, 0.15) is 0 Å². The Bertz CT molecular complexity index is 899. The van der Waals surface area contributed by atoms with Crippen LogP contribution >= 0.6 is 0 Å². The zero-order valence-corrected chi connectivity index (χ0v) is 14.6. The second kappa shape index (κ2) is 6.47. The van der Waals surface area contributed by atoms with Crippen LogP contribution in [0.15, 0.2) is 54.7 Å². The zero-order valence-electron chi connectivity index (χ0n) is 14.6. The summed E-state index contributed by atoms with van der Waals surface area (Å²) in [5.74, 6) is 0.990. The fourth-order valence-corrected chi connectivity index (χ4v) is 3.82. The molecule has 1 unspecified atom stereocenters. The molecule has 1 fully saturated rings. The summed E-state index contributed by atoms with van der Waals surface area (Å²) < 4.78 is 38.6. The summed E-state index contributed by atoms with van der Waals surface area (Å²) in [6, 6.07) is 14.3. The minimum atomic E-state index is -4.30. The molecule has 0 spiro atoms. The first kappa shape index (κ1) is 17.2. The number of aromatic amines is 1. The molecule has 5 heteroatoms. The number of nitrogens with one attached hydrogen (secondary N) is 1. The number of benzene rings is 2. The van der Waals surface area contributed by atoms with E-state index in [9.17, 15) is 13.2 Å². The number of H-pyrrole nitrogens is 1. The molecular weight excluding hydrogens is 337 g/mol. The van der Waals surface area contributed by atoms with Crippen LogP contribution < -0.4 is 0 Å². The molecule has 26 heavy (non-hydrogen) atoms. The maximum absolute atomic E-state index is 12.9. The molecule has 0 aliphatic heterocycles. The molecule has 2 atom stereocenters. The SMILES string of the molecule is CN(Cc1ccccc1)C[C@H]1CC1c1c[nH]c2cc(C(F)(F)F)ccc12. The Morgan fingerprint density at radius 2 is 1.88 bits per heavy atom. The van der Waals surface area contributed by atoms with E-state index in [0.717, 1.165) is 30.5 Å². The predicted molar refractivity (Wildman–Crippen MR) is 96.9 cm³/mol. The number of halogens is 3. The molecule has 0 saturated heterocycles. The first-order valence-corrected chi connectivity index (χ1v) is 8.82. The van der Waals surface area contributed by atoms with Crippen molar-refractivity contribution in [3.63, 3.8) is 0 Å². The number of fused-ring (bicyclic) bond motifs is 1. The normalized spacial score (nSPS) is 20.0. The van der Waals surface area contributed by atoms with Gasteiger partial charge in [0.05, 0.1) is 5.56 Å². The van der Waals surface area contributed by atoms with Gasteiger partial charge >= 0.3 is 6.18 Å². The zero-order chi connectivity index (χ0) is 18.3. The van der Waals surface area contributed by atoms with Crippen LogP contribution in [0.4, 0.5) is 13.2 Å². The Morgan fingerprint density at radius 1 is 1.12 bits per heavy atom. The first-order chi connectivity index (χ1) is 12.4. The van der Waals surface area contributed by atoms with Crippen molar-refractivity contribution in [3.8, 4) is 0 Å². The molecule has 2 nitrogen and oxygen atoms in total. The number of hydrogen-bond donors (Lipinski definition) is 1. The van der Waals surface area contributed by atoms with Crippen LogP contribution in [-0.4, -0.2) is 23.5 Å². The molecule has 1 N–H and O–H groups in total. The van der Waals surface area contributed by atoms with Gasteiger partial charge < -0.3 is 9.88 Å². The van der Waals surface area contributed by atoms with Crippen LogP contribution in [0.2, 0.25) is 0 Å². The fraction of sp³-hybridized carbons (Fsp3) is 0.333. The van der Waals surface area contributed by atoms with E-state index in [2.05, 4.69) is 29.1 Å². The van der Waals surface area contributed by atoms with Crippen LogP contribution in [0.3, 0.4) is 0 Å². The van der Waals surface area contributed by atoms with E-state index >= 15 is 0 Å². The van der Waals surface area contributed by atoms with Crippen molar-refractivity contribution in [1.29, 1.82) is 0 Å². The Kier molecular flexibility index (Phi) is 4.27. The van der Waals surface area contributed by atoms with E-state index in [0.29, 0.717) is 17.4 Å². The lowest BCUT2D eigenvalue weighted by Gasteiger charge is -2.16. The van der Waals surface area contributed by atoms with Crippen LogP contribution in [-0.2, 0) is 12.7 Å². The monoisotopic (exact) mass is 358 g/mol. The van der Waals surface area contributed by atoms with Gasteiger partial charge in [-0.3, -0.25) is 0 Å². The summed E-state index contributed by atoms with van der Waals surface area (Å²) in [5.41, 5.74) is 2.40. The number of rotatable bonds is 5. The lowest BCUT2D eigenvalue weighted by Crippen LogP contribution is -2.20. The maximum Gasteiger partial charge on any atom is 0.416 e. The summed E-state index contributed by atoms with van der Waals surface area (Å²) in [4.78, 5) is 5.34. The summed E-state index contributed by atoms with van der Waals surface area (Å²) in [6.45, 7) is 1.90. The minimum Gasteiger partial charge on any atom is -0.361 e. The second-order valence-corrected chi connectivity index (χ2v) is 7.29. The topological polar surface area (TPSA) is 19.0 Å². The van der Waals surface area contributed by atoms with Gasteiger partial charge in [-0.25, -0.2) is 0 Å². The van der Waals surface area contributed by atoms with Crippen molar-refractivity contribution < 1.29 is 13.2 Å². The van der Waals surface area contributed by atoms with Crippen molar-refractivity contribution >= 4 is 10.9 Å². The van der Waals surface area contributed by atoms with Crippen LogP contribution in [0.5, 0.6) is 0 Å². The number of nitrogens with zero attached hydrogens (tertiary/aromatic N) is 1. The quantitative estimate of drug-likeness (QED) is 0.645. The third-order valence-corrected chi connectivity index (χ3v) is 5.20.